The Morgan fingerprint density at radius 1 is 1.50 bits per heavy atom. The van der Waals surface area contributed by atoms with Crippen molar-refractivity contribution in [3.8, 4) is 0 Å². The number of carbonyl (C=O) groups excluding carboxylic acids is 1. The molecule has 1 saturated carbocycles. The molecule has 1 aromatic carbocycles. The third-order valence-corrected chi connectivity index (χ3v) is 2.58. The van der Waals surface area contributed by atoms with E-state index in [2.05, 4.69) is 5.32 Å². The number of amides is 1. The Kier molecular flexibility index (Phi) is 2.23. The summed E-state index contributed by atoms with van der Waals surface area (Å²) in [5.41, 5.74) is 0.275. The molecule has 0 spiro atoms. The Morgan fingerprint density at radius 3 is 2.71 bits per heavy atom. The van der Waals surface area contributed by atoms with E-state index in [0.717, 1.165) is 6.42 Å². The highest BCUT2D eigenvalue weighted by Crippen LogP contribution is 2.38. The lowest BCUT2D eigenvalue weighted by Gasteiger charge is -2.04. The number of hydrogen-bond acceptors (Lipinski definition) is 1. The van der Waals surface area contributed by atoms with E-state index in [4.69, 9.17) is 0 Å². The van der Waals surface area contributed by atoms with E-state index in [9.17, 15) is 9.18 Å². The van der Waals surface area contributed by atoms with Crippen LogP contribution < -0.4 is 5.32 Å². The van der Waals surface area contributed by atoms with Crippen molar-refractivity contribution < 1.29 is 9.18 Å². The summed E-state index contributed by atoms with van der Waals surface area (Å²) in [6.07, 6.45) is 0.917. The molecule has 0 aromatic heterocycles. The molecule has 0 bridgehead atoms. The zero-order valence-corrected chi connectivity index (χ0v) is 7.96. The molecule has 14 heavy (non-hydrogen) atoms. The number of halogens is 1. The number of nitrogens with one attached hydrogen (secondary N) is 1. The second kappa shape index (κ2) is 3.40. The summed E-state index contributed by atoms with van der Waals surface area (Å²) < 4.78 is 13.1. The molecular formula is C11H12FNO. The van der Waals surface area contributed by atoms with Gasteiger partial charge in [0, 0.05) is 5.92 Å². The number of rotatable bonds is 2. The first-order valence-electron chi connectivity index (χ1n) is 4.74. The summed E-state index contributed by atoms with van der Waals surface area (Å²) in [6.45, 7) is 2.02. The maximum atomic E-state index is 13.1. The molecule has 2 atom stereocenters. The van der Waals surface area contributed by atoms with E-state index in [1.54, 1.807) is 18.2 Å². The lowest BCUT2D eigenvalue weighted by Crippen LogP contribution is -2.15. The van der Waals surface area contributed by atoms with Crippen molar-refractivity contribution >= 4 is 11.6 Å². The first-order valence-corrected chi connectivity index (χ1v) is 4.74. The average molecular weight is 193 g/mol. The third-order valence-electron chi connectivity index (χ3n) is 2.58. The Bertz CT molecular complexity index is 364. The lowest BCUT2D eigenvalue weighted by molar-refractivity contribution is -0.117. The summed E-state index contributed by atoms with van der Waals surface area (Å²) in [7, 11) is 0. The minimum absolute atomic E-state index is 0.0670. The quantitative estimate of drug-likeness (QED) is 0.767. The molecule has 1 aliphatic carbocycles. The second-order valence-corrected chi connectivity index (χ2v) is 3.79. The van der Waals surface area contributed by atoms with Crippen LogP contribution in [0.4, 0.5) is 10.1 Å². The van der Waals surface area contributed by atoms with Crippen molar-refractivity contribution in [1.82, 2.24) is 0 Å². The topological polar surface area (TPSA) is 29.1 Å². The highest BCUT2D eigenvalue weighted by Gasteiger charge is 2.39. The van der Waals surface area contributed by atoms with E-state index < -0.39 is 0 Å². The van der Waals surface area contributed by atoms with Gasteiger partial charge >= 0.3 is 0 Å². The van der Waals surface area contributed by atoms with E-state index in [1.165, 1.54) is 6.07 Å². The maximum absolute atomic E-state index is 13.1. The van der Waals surface area contributed by atoms with Crippen LogP contribution in [-0.4, -0.2) is 5.91 Å². The number of anilines is 1. The number of benzene rings is 1. The summed E-state index contributed by atoms with van der Waals surface area (Å²) in [5.74, 6) is 0.0770. The van der Waals surface area contributed by atoms with Crippen molar-refractivity contribution in [3.63, 3.8) is 0 Å². The van der Waals surface area contributed by atoms with Crippen LogP contribution in [0.3, 0.4) is 0 Å². The molecule has 2 nitrogen and oxygen atoms in total. The fraction of sp³-hybridized carbons (Fsp3) is 0.364. The minimum atomic E-state index is -0.380. The van der Waals surface area contributed by atoms with Crippen LogP contribution in [-0.2, 0) is 4.79 Å². The summed E-state index contributed by atoms with van der Waals surface area (Å²) in [4.78, 5) is 11.5. The van der Waals surface area contributed by atoms with Gasteiger partial charge in [0.25, 0.3) is 0 Å². The fourth-order valence-electron chi connectivity index (χ4n) is 1.48. The average Bonchev–Trinajstić information content (AvgIpc) is 2.87. The van der Waals surface area contributed by atoms with Gasteiger partial charge in [0.05, 0.1) is 5.69 Å². The van der Waals surface area contributed by atoms with Crippen molar-refractivity contribution in [2.45, 2.75) is 13.3 Å². The van der Waals surface area contributed by atoms with Crippen molar-refractivity contribution in [3.05, 3.63) is 30.1 Å². The normalized spacial score (nSPS) is 24.4. The first-order chi connectivity index (χ1) is 6.68. The van der Waals surface area contributed by atoms with Gasteiger partial charge in [-0.15, -0.1) is 0 Å². The summed E-state index contributed by atoms with van der Waals surface area (Å²) in [5, 5.41) is 2.59. The van der Waals surface area contributed by atoms with E-state index in [1.807, 2.05) is 6.92 Å². The molecule has 2 rings (SSSR count). The molecule has 1 N–H and O–H groups in total. The Morgan fingerprint density at radius 2 is 2.14 bits per heavy atom. The summed E-state index contributed by atoms with van der Waals surface area (Å²) >= 11 is 0. The highest BCUT2D eigenvalue weighted by molar-refractivity contribution is 5.94. The van der Waals surface area contributed by atoms with Crippen LogP contribution in [0.15, 0.2) is 24.3 Å². The van der Waals surface area contributed by atoms with E-state index in [-0.39, 0.29) is 23.3 Å². The molecule has 1 amide bonds. The van der Waals surface area contributed by atoms with Crippen LogP contribution in [0.5, 0.6) is 0 Å². The zero-order valence-electron chi connectivity index (χ0n) is 7.96. The van der Waals surface area contributed by atoms with E-state index in [0.29, 0.717) is 5.92 Å². The molecule has 1 aliphatic rings. The molecule has 3 heteroatoms. The van der Waals surface area contributed by atoms with Crippen LogP contribution in [0.25, 0.3) is 0 Å². The lowest BCUT2D eigenvalue weighted by atomic mass is 10.2. The Balaban J connectivity index is 2.04. The van der Waals surface area contributed by atoms with Gasteiger partial charge < -0.3 is 5.32 Å². The monoisotopic (exact) mass is 193 g/mol. The zero-order chi connectivity index (χ0) is 10.1. The fourth-order valence-corrected chi connectivity index (χ4v) is 1.48. The molecule has 0 radical (unpaired) electrons. The molecule has 0 unspecified atom stereocenters. The summed E-state index contributed by atoms with van der Waals surface area (Å²) in [6, 6.07) is 6.21. The highest BCUT2D eigenvalue weighted by atomic mass is 19.1. The largest absolute Gasteiger partial charge is 0.323 e. The van der Waals surface area contributed by atoms with Gasteiger partial charge in [-0.3, -0.25) is 4.79 Å². The predicted molar refractivity (Wildman–Crippen MR) is 52.3 cm³/mol. The molecule has 1 fully saturated rings. The number of para-hydroxylation sites is 1. The van der Waals surface area contributed by atoms with Crippen molar-refractivity contribution in [2.24, 2.45) is 11.8 Å². The van der Waals surface area contributed by atoms with Crippen molar-refractivity contribution in [2.75, 3.05) is 5.32 Å². The van der Waals surface area contributed by atoms with Gasteiger partial charge in [-0.05, 0) is 24.5 Å². The van der Waals surface area contributed by atoms with Crippen molar-refractivity contribution in [1.29, 1.82) is 0 Å². The second-order valence-electron chi connectivity index (χ2n) is 3.79. The van der Waals surface area contributed by atoms with Crippen LogP contribution in [0.2, 0.25) is 0 Å². The SMILES string of the molecule is C[C@H]1C[C@H]1C(=O)Nc1ccccc1F. The predicted octanol–water partition coefficient (Wildman–Crippen LogP) is 2.42. The third kappa shape index (κ3) is 1.76. The number of hydrogen-bond donors (Lipinski definition) is 1. The molecule has 74 valence electrons. The molecule has 0 saturated heterocycles. The van der Waals surface area contributed by atoms with Crippen LogP contribution >= 0.6 is 0 Å². The van der Waals surface area contributed by atoms with Crippen LogP contribution in [0, 0.1) is 17.7 Å². The van der Waals surface area contributed by atoms with Crippen LogP contribution in [0.1, 0.15) is 13.3 Å². The van der Waals surface area contributed by atoms with E-state index >= 15 is 0 Å². The minimum Gasteiger partial charge on any atom is -0.323 e. The standard InChI is InChI=1S/C11H12FNO/c1-7-6-8(7)11(14)13-10-5-3-2-4-9(10)12/h2-5,7-8H,6H2,1H3,(H,13,14)/t7-,8+/m0/s1. The van der Waals surface area contributed by atoms with Gasteiger partial charge in [0.1, 0.15) is 5.82 Å². The van der Waals surface area contributed by atoms with Gasteiger partial charge in [-0.25, -0.2) is 4.39 Å². The van der Waals surface area contributed by atoms with Gasteiger partial charge in [-0.2, -0.15) is 0 Å². The maximum Gasteiger partial charge on any atom is 0.227 e. The first kappa shape index (κ1) is 9.19. The smallest absolute Gasteiger partial charge is 0.227 e. The van der Waals surface area contributed by atoms with Gasteiger partial charge in [0.15, 0.2) is 0 Å². The van der Waals surface area contributed by atoms with Gasteiger partial charge in [0.2, 0.25) is 5.91 Å². The van der Waals surface area contributed by atoms with Gasteiger partial charge in [-0.1, -0.05) is 19.1 Å². The molecule has 0 aliphatic heterocycles. The molecule has 0 heterocycles. The number of carbonyl (C=O) groups is 1. The Hall–Kier alpha value is -1.38. The molecular weight excluding hydrogens is 181 g/mol. The molecule has 1 aromatic rings. The Labute approximate surface area is 82.1 Å².